The van der Waals surface area contributed by atoms with Crippen molar-refractivity contribution in [2.75, 3.05) is 36.9 Å². The summed E-state index contributed by atoms with van der Waals surface area (Å²) < 4.78 is 14.8. The van der Waals surface area contributed by atoms with Crippen LogP contribution in [-0.4, -0.2) is 78.8 Å². The van der Waals surface area contributed by atoms with Crippen molar-refractivity contribution in [3.63, 3.8) is 0 Å². The molecule has 0 aromatic carbocycles. The van der Waals surface area contributed by atoms with Crippen LogP contribution in [0.3, 0.4) is 0 Å². The molecule has 5 atom stereocenters. The van der Waals surface area contributed by atoms with Gasteiger partial charge in [0.05, 0.1) is 28.7 Å². The zero-order chi connectivity index (χ0) is 32.2. The second-order valence-electron chi connectivity index (χ2n) is 14.7. The first-order chi connectivity index (χ1) is 22.7. The summed E-state index contributed by atoms with van der Waals surface area (Å²) in [5, 5.41) is 32.6. The molecule has 9 rings (SSSR count). The van der Waals surface area contributed by atoms with Crippen LogP contribution in [0.15, 0.2) is 4.52 Å². The Morgan fingerprint density at radius 2 is 1.91 bits per heavy atom. The highest BCUT2D eigenvalue weighted by Gasteiger charge is 2.49. The van der Waals surface area contributed by atoms with Gasteiger partial charge in [-0.05, 0) is 97.2 Å². The van der Waals surface area contributed by atoms with Crippen LogP contribution in [0.25, 0.3) is 22.6 Å². The molecule has 4 aromatic rings. The van der Waals surface area contributed by atoms with E-state index in [0.29, 0.717) is 53.2 Å². The molecule has 5 aliphatic rings. The van der Waals surface area contributed by atoms with Crippen molar-refractivity contribution in [1.29, 1.82) is 5.26 Å². The van der Waals surface area contributed by atoms with E-state index >= 15 is 0 Å². The number of thiophene rings is 1. The Morgan fingerprint density at radius 1 is 1.11 bits per heavy atom. The number of anilines is 2. The monoisotopic (exact) mass is 655 g/mol. The van der Waals surface area contributed by atoms with Crippen LogP contribution in [0, 0.1) is 11.3 Å². The number of likely N-dealkylation sites (tertiary alicyclic amines) is 1. The van der Waals surface area contributed by atoms with Crippen molar-refractivity contribution >= 4 is 33.2 Å². The predicted molar refractivity (Wildman–Crippen MR) is 178 cm³/mol. The largest absolute Gasteiger partial charge is 0.474 e. The lowest BCUT2D eigenvalue weighted by Gasteiger charge is -2.42. The fourth-order valence-electron chi connectivity index (χ4n) is 8.97. The normalized spacial score (nSPS) is 28.1. The summed E-state index contributed by atoms with van der Waals surface area (Å²) in [4.78, 5) is 16.4. The highest BCUT2D eigenvalue weighted by Crippen LogP contribution is 2.55. The van der Waals surface area contributed by atoms with Gasteiger partial charge >= 0.3 is 0 Å². The van der Waals surface area contributed by atoms with E-state index in [2.05, 4.69) is 29.7 Å². The molecule has 13 heteroatoms. The van der Waals surface area contributed by atoms with E-state index in [1.807, 2.05) is 11.6 Å². The third-order valence-corrected chi connectivity index (χ3v) is 12.9. The number of hydrogen-bond donors (Lipinski definition) is 2. The quantitative estimate of drug-likeness (QED) is 0.314. The molecular weight excluding hydrogens is 615 g/mol. The zero-order valence-corrected chi connectivity index (χ0v) is 28.1. The SMILES string of the molecule is CC(C(C)n1nc2c3c(nc(-c4noc5c4CCCC54CCCc5sc(N)c(C#N)c54)nc31)N1CC(C)(O)CCC1CO2)N1CCC1. The minimum absolute atomic E-state index is 0.0362. The number of hydrogen-bond acceptors (Lipinski definition) is 12. The number of fused-ring (bicyclic) bond motifs is 6. The maximum absolute atomic E-state index is 11.2. The molecular formula is C34H41N9O3S. The Balaban J connectivity index is 1.24. The van der Waals surface area contributed by atoms with Crippen LogP contribution >= 0.6 is 11.3 Å². The zero-order valence-electron chi connectivity index (χ0n) is 27.3. The van der Waals surface area contributed by atoms with Gasteiger partial charge in [-0.25, -0.2) is 14.6 Å². The number of nitrogen functional groups attached to an aromatic ring is 1. The summed E-state index contributed by atoms with van der Waals surface area (Å²) in [6.45, 7) is 9.43. The highest BCUT2D eigenvalue weighted by atomic mass is 32.1. The molecule has 2 saturated heterocycles. The molecule has 7 heterocycles. The van der Waals surface area contributed by atoms with Crippen LogP contribution in [0.4, 0.5) is 10.8 Å². The summed E-state index contributed by atoms with van der Waals surface area (Å²) >= 11 is 1.55. The van der Waals surface area contributed by atoms with Gasteiger partial charge in [-0.2, -0.15) is 5.26 Å². The van der Waals surface area contributed by atoms with Crippen LogP contribution < -0.4 is 15.4 Å². The van der Waals surface area contributed by atoms with Crippen LogP contribution in [0.1, 0.15) is 99.1 Å². The third kappa shape index (κ3) is 4.23. The number of ether oxygens (including phenoxy) is 1. The summed E-state index contributed by atoms with van der Waals surface area (Å²) in [7, 11) is 0. The maximum Gasteiger partial charge on any atom is 0.246 e. The highest BCUT2D eigenvalue weighted by molar-refractivity contribution is 7.16. The second kappa shape index (κ2) is 10.4. The van der Waals surface area contributed by atoms with Crippen molar-refractivity contribution in [3.05, 3.63) is 27.3 Å². The smallest absolute Gasteiger partial charge is 0.246 e. The minimum Gasteiger partial charge on any atom is -0.474 e. The molecule has 1 spiro atoms. The fourth-order valence-corrected chi connectivity index (χ4v) is 10.1. The van der Waals surface area contributed by atoms with E-state index in [0.717, 1.165) is 86.1 Å². The van der Waals surface area contributed by atoms with Gasteiger partial charge in [-0.1, -0.05) is 5.16 Å². The lowest BCUT2D eigenvalue weighted by atomic mass is 9.63. The van der Waals surface area contributed by atoms with Gasteiger partial charge in [-0.3, -0.25) is 4.90 Å². The van der Waals surface area contributed by atoms with Gasteiger partial charge in [0.2, 0.25) is 5.88 Å². The maximum atomic E-state index is 11.2. The van der Waals surface area contributed by atoms with Gasteiger partial charge in [0.15, 0.2) is 22.9 Å². The standard InChI is InChI=1S/C34H41N9O3S/c1-18(41-13-6-14-41)19(2)43-31-24-30(42-17-33(3,44)12-9-20(42)16-45-32(24)39-43)37-29(38-31)26-21-7-4-10-34(27(21)46-40-26)11-5-8-23-25(34)22(15-35)28(36)47-23/h18-20,44H,4-14,16-17,36H2,1-3H3. The van der Waals surface area contributed by atoms with Crippen LogP contribution in [0.5, 0.6) is 5.88 Å². The molecule has 0 saturated carbocycles. The van der Waals surface area contributed by atoms with E-state index in [9.17, 15) is 10.4 Å². The summed E-state index contributed by atoms with van der Waals surface area (Å²) in [5.41, 5.74) is 9.13. The number of nitrogens with two attached hydrogens (primary N) is 1. The second-order valence-corrected chi connectivity index (χ2v) is 15.8. The summed E-state index contributed by atoms with van der Waals surface area (Å²) in [5.74, 6) is 2.61. The molecule has 0 amide bonds. The van der Waals surface area contributed by atoms with Crippen molar-refractivity contribution in [3.8, 4) is 23.5 Å². The molecule has 47 heavy (non-hydrogen) atoms. The Morgan fingerprint density at radius 3 is 2.68 bits per heavy atom. The van der Waals surface area contributed by atoms with Gasteiger partial charge in [0, 0.05) is 23.0 Å². The van der Waals surface area contributed by atoms with Crippen molar-refractivity contribution < 1.29 is 14.4 Å². The average Bonchev–Trinajstić information content (AvgIpc) is 3.69. The van der Waals surface area contributed by atoms with Gasteiger partial charge in [-0.15, -0.1) is 16.4 Å². The molecule has 3 aliphatic heterocycles. The van der Waals surface area contributed by atoms with Crippen LogP contribution in [0.2, 0.25) is 0 Å². The number of aryl methyl sites for hydroxylation is 1. The van der Waals surface area contributed by atoms with Crippen molar-refractivity contribution in [1.82, 2.24) is 29.8 Å². The van der Waals surface area contributed by atoms with E-state index in [1.165, 1.54) is 11.3 Å². The molecule has 5 unspecified atom stereocenters. The first-order valence-electron chi connectivity index (χ1n) is 17.2. The molecule has 2 aliphatic carbocycles. The number of rotatable bonds is 4. The van der Waals surface area contributed by atoms with E-state index in [1.54, 1.807) is 11.3 Å². The van der Waals surface area contributed by atoms with E-state index < -0.39 is 11.0 Å². The lowest BCUT2D eigenvalue weighted by Crippen LogP contribution is -2.53. The van der Waals surface area contributed by atoms with Crippen molar-refractivity contribution in [2.45, 2.75) is 108 Å². The van der Waals surface area contributed by atoms with E-state index in [4.69, 9.17) is 35.2 Å². The van der Waals surface area contributed by atoms with Crippen LogP contribution in [-0.2, 0) is 18.3 Å². The Kier molecular flexibility index (Phi) is 6.50. The number of aliphatic hydroxyl groups is 1. The molecule has 0 bridgehead atoms. The average molecular weight is 656 g/mol. The molecule has 4 aromatic heterocycles. The third-order valence-electron chi connectivity index (χ3n) is 11.8. The molecule has 3 N–H and O–H groups in total. The molecule has 2 fully saturated rings. The van der Waals surface area contributed by atoms with Gasteiger partial charge < -0.3 is 25.0 Å². The van der Waals surface area contributed by atoms with Gasteiger partial charge in [0.1, 0.15) is 28.9 Å². The Hall–Kier alpha value is -3.73. The summed E-state index contributed by atoms with van der Waals surface area (Å²) in [6, 6.07) is 2.78. The first kappa shape index (κ1) is 29.4. The minimum atomic E-state index is -0.854. The van der Waals surface area contributed by atoms with Crippen molar-refractivity contribution in [2.24, 2.45) is 0 Å². The molecule has 12 nitrogen and oxygen atoms in total. The Bertz CT molecular complexity index is 1950. The molecule has 246 valence electrons. The number of aromatic nitrogens is 5. The number of nitriles is 1. The van der Waals surface area contributed by atoms with E-state index in [-0.39, 0.29) is 18.1 Å². The Labute approximate surface area is 277 Å². The topological polar surface area (TPSA) is 155 Å². The summed E-state index contributed by atoms with van der Waals surface area (Å²) in [6.07, 6.45) is 8.14. The lowest BCUT2D eigenvalue weighted by molar-refractivity contribution is 0.0321. The molecule has 0 radical (unpaired) electrons. The van der Waals surface area contributed by atoms with Gasteiger partial charge in [0.25, 0.3) is 0 Å². The predicted octanol–water partition coefficient (Wildman–Crippen LogP) is 4.72. The first-order valence-corrected chi connectivity index (χ1v) is 18.0. The number of nitrogens with zero attached hydrogens (tertiary/aromatic N) is 8. The fraction of sp³-hybridized carbons (Fsp3) is 0.618. The number of piperidine rings is 1.